The monoisotopic (exact) mass is 303 g/mol. The molecule has 7 heteroatoms. The van der Waals surface area contributed by atoms with Gasteiger partial charge in [-0.25, -0.2) is 13.1 Å². The molecule has 19 heavy (non-hydrogen) atoms. The predicted molar refractivity (Wildman–Crippen MR) is 78.8 cm³/mol. The van der Waals surface area contributed by atoms with Crippen LogP contribution in [-0.2, 0) is 16.6 Å². The summed E-state index contributed by atoms with van der Waals surface area (Å²) >= 11 is 1.89. The smallest absolute Gasteiger partial charge is 0.242 e. The molecule has 1 aliphatic rings. The number of hydrogen-bond acceptors (Lipinski definition) is 4. The lowest BCUT2D eigenvalue weighted by molar-refractivity contribution is 0.546. The Morgan fingerprint density at radius 2 is 2.37 bits per heavy atom. The van der Waals surface area contributed by atoms with E-state index < -0.39 is 10.0 Å². The molecule has 0 spiro atoms. The van der Waals surface area contributed by atoms with Gasteiger partial charge >= 0.3 is 0 Å². The molecular formula is C12H21N3O2S2. The van der Waals surface area contributed by atoms with Crippen LogP contribution >= 0.6 is 11.8 Å². The zero-order valence-electron chi connectivity index (χ0n) is 11.1. The lowest BCUT2D eigenvalue weighted by Crippen LogP contribution is -2.29. The number of sulfonamides is 1. The molecule has 0 bridgehead atoms. The number of nitrogens with one attached hydrogen (secondary N) is 3. The maximum atomic E-state index is 12.1. The summed E-state index contributed by atoms with van der Waals surface area (Å²) in [5.41, 5.74) is 0.888. The SMILES string of the molecule is CCNCc1cc(S(=O)(=O)NCC2CCSC2)c[nH]1. The van der Waals surface area contributed by atoms with Gasteiger partial charge in [-0.15, -0.1) is 0 Å². The van der Waals surface area contributed by atoms with Gasteiger partial charge in [-0.3, -0.25) is 0 Å². The van der Waals surface area contributed by atoms with Crippen molar-refractivity contribution in [3.63, 3.8) is 0 Å². The molecular weight excluding hydrogens is 282 g/mol. The minimum absolute atomic E-state index is 0.325. The first kappa shape index (κ1) is 14.9. The standard InChI is InChI=1S/C12H21N3O2S2/c1-2-13-7-11-5-12(8-14-11)19(16,17)15-6-10-3-4-18-9-10/h5,8,10,13-15H,2-4,6-7,9H2,1H3. The Balaban J connectivity index is 1.92. The molecule has 1 unspecified atom stereocenters. The Kier molecular flexibility index (Phi) is 5.32. The fourth-order valence-electron chi connectivity index (χ4n) is 1.99. The van der Waals surface area contributed by atoms with Crippen LogP contribution < -0.4 is 10.0 Å². The minimum Gasteiger partial charge on any atom is -0.363 e. The summed E-state index contributed by atoms with van der Waals surface area (Å²) in [6.45, 7) is 4.08. The van der Waals surface area contributed by atoms with Crippen LogP contribution in [0.25, 0.3) is 0 Å². The van der Waals surface area contributed by atoms with Crippen molar-refractivity contribution in [2.45, 2.75) is 24.8 Å². The van der Waals surface area contributed by atoms with Gasteiger partial charge in [-0.05, 0) is 36.5 Å². The molecule has 0 saturated carbocycles. The lowest BCUT2D eigenvalue weighted by atomic mass is 10.1. The lowest BCUT2D eigenvalue weighted by Gasteiger charge is -2.09. The first-order valence-corrected chi connectivity index (χ1v) is 9.21. The van der Waals surface area contributed by atoms with E-state index in [0.29, 0.717) is 23.9 Å². The van der Waals surface area contributed by atoms with Crippen molar-refractivity contribution in [3.8, 4) is 0 Å². The van der Waals surface area contributed by atoms with E-state index in [9.17, 15) is 8.42 Å². The molecule has 3 N–H and O–H groups in total. The zero-order chi connectivity index (χ0) is 13.7. The maximum Gasteiger partial charge on any atom is 0.242 e. The summed E-state index contributed by atoms with van der Waals surface area (Å²) in [4.78, 5) is 3.31. The van der Waals surface area contributed by atoms with E-state index in [1.165, 1.54) is 0 Å². The zero-order valence-corrected chi connectivity index (χ0v) is 12.7. The first-order chi connectivity index (χ1) is 9.12. The summed E-state index contributed by atoms with van der Waals surface area (Å²) < 4.78 is 26.9. The normalized spacial score (nSPS) is 19.9. The Labute approximate surface area is 119 Å². The van der Waals surface area contributed by atoms with E-state index in [-0.39, 0.29) is 0 Å². The number of rotatable bonds is 7. The maximum absolute atomic E-state index is 12.1. The minimum atomic E-state index is -3.37. The topological polar surface area (TPSA) is 74.0 Å². The van der Waals surface area contributed by atoms with Gasteiger partial charge in [-0.2, -0.15) is 11.8 Å². The largest absolute Gasteiger partial charge is 0.363 e. The highest BCUT2D eigenvalue weighted by atomic mass is 32.2. The summed E-state index contributed by atoms with van der Waals surface area (Å²) in [5, 5.41) is 3.16. The average molecular weight is 303 g/mol. The second-order valence-corrected chi connectivity index (χ2v) is 7.64. The van der Waals surface area contributed by atoms with E-state index >= 15 is 0 Å². The van der Waals surface area contributed by atoms with Crippen LogP contribution in [0.2, 0.25) is 0 Å². The van der Waals surface area contributed by atoms with E-state index in [1.54, 1.807) is 12.3 Å². The van der Waals surface area contributed by atoms with Gasteiger partial charge in [0.25, 0.3) is 0 Å². The van der Waals surface area contributed by atoms with Crippen molar-refractivity contribution in [1.29, 1.82) is 0 Å². The van der Waals surface area contributed by atoms with Crippen LogP contribution in [0, 0.1) is 5.92 Å². The summed E-state index contributed by atoms with van der Waals surface area (Å²) in [5.74, 6) is 2.67. The van der Waals surface area contributed by atoms with Crippen LogP contribution in [0.4, 0.5) is 0 Å². The van der Waals surface area contributed by atoms with Crippen LogP contribution in [0.1, 0.15) is 19.0 Å². The van der Waals surface area contributed by atoms with Crippen LogP contribution in [-0.4, -0.2) is 38.0 Å². The van der Waals surface area contributed by atoms with E-state index in [0.717, 1.165) is 30.2 Å². The Morgan fingerprint density at radius 3 is 3.05 bits per heavy atom. The summed E-state index contributed by atoms with van der Waals surface area (Å²) in [7, 11) is -3.37. The average Bonchev–Trinajstić information content (AvgIpc) is 3.05. The Bertz CT molecular complexity index is 493. The van der Waals surface area contributed by atoms with E-state index in [4.69, 9.17) is 0 Å². The van der Waals surface area contributed by atoms with Crippen molar-refractivity contribution < 1.29 is 8.42 Å². The molecule has 1 saturated heterocycles. The molecule has 5 nitrogen and oxygen atoms in total. The number of hydrogen-bond donors (Lipinski definition) is 3. The van der Waals surface area contributed by atoms with Crippen molar-refractivity contribution >= 4 is 21.8 Å². The van der Waals surface area contributed by atoms with Crippen molar-refractivity contribution in [3.05, 3.63) is 18.0 Å². The first-order valence-electron chi connectivity index (χ1n) is 6.57. The van der Waals surface area contributed by atoms with E-state index in [1.807, 2.05) is 18.7 Å². The van der Waals surface area contributed by atoms with Crippen molar-refractivity contribution in [1.82, 2.24) is 15.0 Å². The van der Waals surface area contributed by atoms with Crippen molar-refractivity contribution in [2.24, 2.45) is 5.92 Å². The van der Waals surface area contributed by atoms with Gasteiger partial charge in [0.05, 0.1) is 4.90 Å². The molecule has 1 atom stereocenters. The molecule has 1 aliphatic heterocycles. The number of H-pyrrole nitrogens is 1. The molecule has 108 valence electrons. The molecule has 1 fully saturated rings. The van der Waals surface area contributed by atoms with Crippen LogP contribution in [0.15, 0.2) is 17.2 Å². The number of aromatic amines is 1. The number of aromatic nitrogens is 1. The van der Waals surface area contributed by atoms with Gasteiger partial charge in [0.15, 0.2) is 0 Å². The van der Waals surface area contributed by atoms with Gasteiger partial charge in [0.1, 0.15) is 0 Å². The molecule has 2 rings (SSSR count). The third-order valence-electron chi connectivity index (χ3n) is 3.18. The van der Waals surface area contributed by atoms with Gasteiger partial charge in [-0.1, -0.05) is 6.92 Å². The van der Waals surface area contributed by atoms with Crippen LogP contribution in [0.5, 0.6) is 0 Å². The third-order valence-corrected chi connectivity index (χ3v) is 5.81. The molecule has 0 aromatic carbocycles. The predicted octanol–water partition coefficient (Wildman–Crippen LogP) is 1.16. The Hall–Kier alpha value is -0.500. The van der Waals surface area contributed by atoms with Crippen molar-refractivity contribution in [2.75, 3.05) is 24.6 Å². The van der Waals surface area contributed by atoms with Crippen LogP contribution in [0.3, 0.4) is 0 Å². The molecule has 0 amide bonds. The van der Waals surface area contributed by atoms with Gasteiger partial charge in [0, 0.05) is 25.0 Å². The highest BCUT2D eigenvalue weighted by Crippen LogP contribution is 2.23. The van der Waals surface area contributed by atoms with Gasteiger partial charge in [0.2, 0.25) is 10.0 Å². The molecule has 1 aromatic heterocycles. The van der Waals surface area contributed by atoms with E-state index in [2.05, 4.69) is 15.0 Å². The molecule has 0 aliphatic carbocycles. The fraction of sp³-hybridized carbons (Fsp3) is 0.667. The second-order valence-electron chi connectivity index (χ2n) is 4.72. The highest BCUT2D eigenvalue weighted by Gasteiger charge is 2.20. The third kappa shape index (κ3) is 4.24. The molecule has 1 aromatic rings. The number of thioether (sulfide) groups is 1. The fourth-order valence-corrected chi connectivity index (χ4v) is 4.41. The highest BCUT2D eigenvalue weighted by molar-refractivity contribution is 7.99. The Morgan fingerprint density at radius 1 is 1.53 bits per heavy atom. The molecule has 0 radical (unpaired) electrons. The molecule has 2 heterocycles. The summed E-state index contributed by atoms with van der Waals surface area (Å²) in [6, 6.07) is 1.69. The quantitative estimate of drug-likeness (QED) is 0.706. The summed E-state index contributed by atoms with van der Waals surface area (Å²) in [6.07, 6.45) is 2.66. The van der Waals surface area contributed by atoms with Gasteiger partial charge < -0.3 is 10.3 Å². The second kappa shape index (κ2) is 6.78.